The highest BCUT2D eigenvalue weighted by Gasteiger charge is 2.63. The maximum atomic E-state index is 12.4. The second-order valence-corrected chi connectivity index (χ2v) is 31.0. The van der Waals surface area contributed by atoms with Crippen molar-refractivity contribution in [3.8, 4) is 0 Å². The number of hydroxylamine groups is 2. The molecule has 11 fully saturated rings. The molecule has 718 valence electrons. The Morgan fingerprint density at radius 2 is 0.435 bits per heavy atom. The minimum atomic E-state index is -2.58. The fourth-order valence-corrected chi connectivity index (χ4v) is 15.7. The molecule has 56 nitrogen and oxygen atoms in total. The third-order valence-electron chi connectivity index (χ3n) is 22.9. The normalized spacial score (nSPS) is 50.0. The average Bonchev–Trinajstić information content (AvgIpc) is 0.856. The van der Waals surface area contributed by atoms with Gasteiger partial charge in [0.15, 0.2) is 62.9 Å². The highest BCUT2D eigenvalue weighted by molar-refractivity contribution is 6.01. The molecule has 11 heterocycles. The lowest BCUT2D eigenvalue weighted by molar-refractivity contribution is -0.417. The molecule has 20 unspecified atom stereocenters. The summed E-state index contributed by atoms with van der Waals surface area (Å²) >= 11 is 0. The van der Waals surface area contributed by atoms with Crippen LogP contribution in [0.15, 0.2) is 0 Å². The van der Waals surface area contributed by atoms with Crippen LogP contribution in [0.3, 0.4) is 0 Å². The monoisotopic (exact) mass is 1820 g/mol. The van der Waals surface area contributed by atoms with Crippen LogP contribution >= 0.6 is 0 Å². The molecule has 0 bridgehead atoms. The maximum absolute atomic E-state index is 12.4. The number of aliphatic hydroxyl groups excluding tert-OH is 31. The van der Waals surface area contributed by atoms with Crippen LogP contribution in [0.25, 0.3) is 0 Å². The zero-order chi connectivity index (χ0) is 90.6. The third-order valence-corrected chi connectivity index (χ3v) is 22.9. The summed E-state index contributed by atoms with van der Waals surface area (Å²) in [5.74, 6) is -2.55. The van der Waals surface area contributed by atoms with Gasteiger partial charge in [0.05, 0.1) is 79.1 Å². The summed E-state index contributed by atoms with van der Waals surface area (Å²) < 4.78 is 116. The fraction of sp³-hybridized carbons (Fsp3) is 0.956. The third kappa shape index (κ3) is 21.4. The molecule has 11 saturated heterocycles. The van der Waals surface area contributed by atoms with E-state index in [4.69, 9.17) is 99.6 Å². The first-order valence-electron chi connectivity index (χ1n) is 39.5. The molecule has 124 heavy (non-hydrogen) atoms. The van der Waals surface area contributed by atoms with Crippen LogP contribution < -0.4 is 0 Å². The summed E-state index contributed by atoms with van der Waals surface area (Å²) in [7, 11) is 0. The van der Waals surface area contributed by atoms with Crippen molar-refractivity contribution in [1.29, 1.82) is 0 Å². The topological polar surface area (TPSA) is 875 Å². The van der Waals surface area contributed by atoms with Gasteiger partial charge in [0.2, 0.25) is 0 Å². The van der Waals surface area contributed by atoms with Gasteiger partial charge in [0.1, 0.15) is 244 Å². The molecule has 50 atom stereocenters. The van der Waals surface area contributed by atoms with Crippen LogP contribution in [0.2, 0.25) is 0 Å². The van der Waals surface area contributed by atoms with Gasteiger partial charge in [-0.3, -0.25) is 9.59 Å². The number of nitrogens with zero attached hydrogens (tertiary/aromatic N) is 1. The van der Waals surface area contributed by atoms with Gasteiger partial charge < -0.3 is 258 Å². The van der Waals surface area contributed by atoms with Crippen molar-refractivity contribution >= 4 is 17.8 Å². The molecule has 0 radical (unpaired) electrons. The first-order valence-corrected chi connectivity index (χ1v) is 39.5. The second kappa shape index (κ2) is 44.4. The van der Waals surface area contributed by atoms with E-state index in [0.29, 0.717) is 5.06 Å². The van der Waals surface area contributed by atoms with E-state index in [1.54, 1.807) is 0 Å². The fourth-order valence-electron chi connectivity index (χ4n) is 15.7. The van der Waals surface area contributed by atoms with Crippen molar-refractivity contribution in [2.75, 3.05) is 72.7 Å². The zero-order valence-corrected chi connectivity index (χ0v) is 65.1. The van der Waals surface area contributed by atoms with Crippen LogP contribution in [0.5, 0.6) is 0 Å². The lowest BCUT2D eigenvalue weighted by Crippen LogP contribution is -2.69. The zero-order valence-electron chi connectivity index (χ0n) is 65.1. The maximum Gasteiger partial charge on any atom is 0.333 e. The number of amides is 2. The molecule has 2 amide bonds. The number of carbonyl (C=O) groups is 3. The van der Waals surface area contributed by atoms with Gasteiger partial charge in [0.25, 0.3) is 11.8 Å². The van der Waals surface area contributed by atoms with Crippen molar-refractivity contribution in [3.63, 3.8) is 0 Å². The van der Waals surface area contributed by atoms with Crippen LogP contribution in [0.1, 0.15) is 25.7 Å². The molecular formula is C68H111NO55. The molecule has 0 spiro atoms. The largest absolute Gasteiger partial charge is 0.394 e. The average molecular weight is 1820 g/mol. The number of aliphatic hydroxyl groups is 31. The molecule has 11 rings (SSSR count). The molecule has 0 aromatic carbocycles. The molecule has 11 aliphatic rings. The van der Waals surface area contributed by atoms with Crippen LogP contribution in [0.4, 0.5) is 0 Å². The summed E-state index contributed by atoms with van der Waals surface area (Å²) in [6.07, 6.45) is -111. The lowest BCUT2D eigenvalue weighted by Gasteiger charge is -2.51. The molecule has 56 heteroatoms. The van der Waals surface area contributed by atoms with Gasteiger partial charge in [0, 0.05) is 12.8 Å². The Hall–Kier alpha value is -3.43. The Morgan fingerprint density at radius 1 is 0.242 bits per heavy atom. The minimum Gasteiger partial charge on any atom is -0.394 e. The summed E-state index contributed by atoms with van der Waals surface area (Å²) in [6, 6.07) is 0. The lowest BCUT2D eigenvalue weighted by atomic mass is 9.95. The smallest absolute Gasteiger partial charge is 0.333 e. The van der Waals surface area contributed by atoms with E-state index in [0.717, 1.165) is 0 Å². The van der Waals surface area contributed by atoms with Crippen molar-refractivity contribution in [2.24, 2.45) is 0 Å². The number of imide groups is 1. The first kappa shape index (κ1) is 101. The van der Waals surface area contributed by atoms with Gasteiger partial charge in [-0.2, -0.15) is 0 Å². The standard InChI is InChI=1S/C68H111NO55/c70-6-16-29(83)39(93)45(99)60(106-16)119-54-40(94)30(84)19(9-73)112-66(54)121-56-42(96)32(86)17(7-71)110-64(56)118-53-38(92)25(15-79)108-62(49(53)103)116-51-36(90)23(13-77)109-63(47(51)101)120-55-41(95)31(85)20(10-74)113-67(55)123-58-44(98)34(88)21(11-75)114-68(58)122-57-43(97)33(87)18(8-72)111-65(57)117-52-37(91)24(14-78)107-61(48(52)102)115-50-35(89)22(12-76)105-59(46(50)100)104-5-1-2-28(82)124-69-26(80)3-4-27(69)81/h16-25,29-68,70-79,83-103H,1-15H2/t16?,17?,18?,19?,20?,21?,22?,23?,24?,25?,29-,30-,31-,32-,33-,34-,35-,36-,37-,38-,39+,40+,41+,42+,43+,44+,45?,46?,47?,48?,49?,50+,51+,52+,53+,54?,55?,56?,57?,58?,59+,60-,61-,62-,63-,64-,65-,66-,67-,68-/m1/s1. The summed E-state index contributed by atoms with van der Waals surface area (Å²) in [5.41, 5.74) is 0. The van der Waals surface area contributed by atoms with Crippen molar-refractivity contribution in [1.82, 2.24) is 5.06 Å². The van der Waals surface area contributed by atoms with Crippen molar-refractivity contribution in [2.45, 2.75) is 333 Å². The summed E-state index contributed by atoms with van der Waals surface area (Å²) in [5, 5.41) is 345. The Kier molecular flexibility index (Phi) is 36.2. The SMILES string of the molecule is O=C(CCCO[C@H]1OC(CO)[C@@H](O)[C@H](O[C@H]2OC(CO)[C@@H](O)[C@H](O[C@H]3OC(CO)[C@@H](O)[C@H](O)C3O[C@H]3OC(CO)[C@@H](O)[C@H](O)C3O[C@H]3OC(CO)[C@@H](O)[C@H](O)C3O[C@H]3OC(CO)[C@@H](O)[C@H](O[C@H]4OC(CO)[C@@H](O)[C@H](O[C@H]5OC(CO)[C@@H](O)[C@H](O)C5O[C@H]5OC(CO)[C@@H](O)[C@H](O)C5O[C@H]5OC(CO)[C@@H](O)[C@H](O)C5O)C4O)C3O)C2O)C1O)ON1C(=O)CCC1=O. The summed E-state index contributed by atoms with van der Waals surface area (Å²) in [6.45, 7) is -11.9. The number of carbonyl (C=O) groups excluding carboxylic acids is 3. The van der Waals surface area contributed by atoms with E-state index in [9.17, 15) is 173 Å². The van der Waals surface area contributed by atoms with Gasteiger partial charge in [-0.25, -0.2) is 4.79 Å². The van der Waals surface area contributed by atoms with E-state index in [1.165, 1.54) is 0 Å². The number of rotatable bonds is 34. The highest BCUT2D eigenvalue weighted by Crippen LogP contribution is 2.42. The van der Waals surface area contributed by atoms with Gasteiger partial charge in [-0.1, -0.05) is 0 Å². The molecular weight excluding hydrogens is 1710 g/mol. The number of ether oxygens (including phenoxy) is 20. The van der Waals surface area contributed by atoms with Crippen molar-refractivity contribution in [3.05, 3.63) is 0 Å². The van der Waals surface area contributed by atoms with E-state index in [-0.39, 0.29) is 19.3 Å². The Bertz CT molecular complexity index is 3290. The Morgan fingerprint density at radius 3 is 0.694 bits per heavy atom. The minimum absolute atomic E-state index is 0.189. The van der Waals surface area contributed by atoms with E-state index < -0.39 is 404 Å². The van der Waals surface area contributed by atoms with Crippen LogP contribution in [-0.2, 0) is 114 Å². The van der Waals surface area contributed by atoms with Crippen molar-refractivity contribution < 1.29 is 272 Å². The Balaban J connectivity index is 0.811. The number of hydrogen-bond donors (Lipinski definition) is 31. The molecule has 0 aliphatic carbocycles. The van der Waals surface area contributed by atoms with Crippen LogP contribution in [-0.4, -0.2) is 561 Å². The molecule has 0 saturated carbocycles. The predicted molar refractivity (Wildman–Crippen MR) is 370 cm³/mol. The molecule has 0 aromatic rings. The predicted octanol–water partition coefficient (Wildman–Crippen LogP) is -22.4. The quantitative estimate of drug-likeness (QED) is 0.0210. The highest BCUT2D eigenvalue weighted by atomic mass is 16.8. The van der Waals surface area contributed by atoms with E-state index in [2.05, 4.69) is 0 Å². The van der Waals surface area contributed by atoms with E-state index >= 15 is 0 Å². The number of hydrogen-bond acceptors (Lipinski definition) is 55. The van der Waals surface area contributed by atoms with Crippen LogP contribution in [0, 0.1) is 0 Å². The van der Waals surface area contributed by atoms with Gasteiger partial charge in [-0.05, 0) is 6.42 Å². The Labute approximate surface area is 698 Å². The first-order chi connectivity index (χ1) is 59.0. The second-order valence-electron chi connectivity index (χ2n) is 31.0. The summed E-state index contributed by atoms with van der Waals surface area (Å²) in [4.78, 5) is 41.1. The van der Waals surface area contributed by atoms with E-state index in [1.807, 2.05) is 0 Å². The van der Waals surface area contributed by atoms with Gasteiger partial charge in [-0.15, -0.1) is 5.06 Å². The van der Waals surface area contributed by atoms with Gasteiger partial charge >= 0.3 is 5.97 Å². The molecule has 11 aliphatic heterocycles. The molecule has 0 aromatic heterocycles. The molecule has 31 N–H and O–H groups in total.